The molecule has 35 heavy (non-hydrogen) atoms. The SMILES string of the molecule is Cc1cccc(C)c1CS(=O)(=O)c1ccc2c(c1)S/C(=C/c1ccc(NCC(=O)O)cc1)C(=O)N2. The first-order valence-corrected chi connectivity index (χ1v) is 13.3. The van der Waals surface area contributed by atoms with E-state index < -0.39 is 15.8 Å². The van der Waals surface area contributed by atoms with Crippen LogP contribution in [0.25, 0.3) is 6.08 Å². The third-order valence-electron chi connectivity index (χ3n) is 5.64. The van der Waals surface area contributed by atoms with Crippen LogP contribution >= 0.6 is 11.8 Å². The molecule has 3 N–H and O–H groups in total. The van der Waals surface area contributed by atoms with Crippen LogP contribution in [0, 0.1) is 13.8 Å². The number of aliphatic carboxylic acids is 1. The quantitative estimate of drug-likeness (QED) is 0.391. The van der Waals surface area contributed by atoms with Gasteiger partial charge in [-0.1, -0.05) is 42.1 Å². The number of hydrogen-bond donors (Lipinski definition) is 3. The number of anilines is 2. The fourth-order valence-electron chi connectivity index (χ4n) is 3.70. The van der Waals surface area contributed by atoms with Crippen LogP contribution in [-0.2, 0) is 25.2 Å². The van der Waals surface area contributed by atoms with Gasteiger partial charge in [-0.3, -0.25) is 9.59 Å². The summed E-state index contributed by atoms with van der Waals surface area (Å²) in [6.45, 7) is 3.62. The summed E-state index contributed by atoms with van der Waals surface area (Å²) in [7, 11) is -3.59. The summed E-state index contributed by atoms with van der Waals surface area (Å²) in [6, 6.07) is 17.5. The van der Waals surface area contributed by atoms with E-state index in [-0.39, 0.29) is 23.1 Å². The normalized spacial score (nSPS) is 14.3. The molecule has 1 aliphatic heterocycles. The minimum atomic E-state index is -3.59. The molecule has 0 radical (unpaired) electrons. The van der Waals surface area contributed by atoms with Crippen molar-refractivity contribution in [2.75, 3.05) is 17.2 Å². The average molecular weight is 509 g/mol. The van der Waals surface area contributed by atoms with E-state index in [9.17, 15) is 18.0 Å². The summed E-state index contributed by atoms with van der Waals surface area (Å²) in [6.07, 6.45) is 1.71. The summed E-state index contributed by atoms with van der Waals surface area (Å²) in [5.74, 6) is -1.32. The summed E-state index contributed by atoms with van der Waals surface area (Å²) in [5.41, 5.74) is 4.64. The lowest BCUT2D eigenvalue weighted by molar-refractivity contribution is -0.134. The molecule has 1 heterocycles. The van der Waals surface area contributed by atoms with Gasteiger partial charge in [-0.25, -0.2) is 8.42 Å². The van der Waals surface area contributed by atoms with Crippen LogP contribution in [0.2, 0.25) is 0 Å². The number of thioether (sulfide) groups is 1. The molecule has 3 aromatic carbocycles. The first-order valence-electron chi connectivity index (χ1n) is 10.8. The highest BCUT2D eigenvalue weighted by Crippen LogP contribution is 2.40. The van der Waals surface area contributed by atoms with Gasteiger partial charge in [0.05, 0.1) is 21.2 Å². The standard InChI is InChI=1S/C26H24N2O5S2/c1-16-4-3-5-17(2)21(16)15-35(32,33)20-10-11-22-23(13-20)34-24(26(31)28-22)12-18-6-8-19(9-7-18)27-14-25(29)30/h3-13,27H,14-15H2,1-2H3,(H,28,31)(H,29,30)/b24-12+. The number of carbonyl (C=O) groups is 2. The Morgan fingerprint density at radius 3 is 2.40 bits per heavy atom. The number of fused-ring (bicyclic) bond motifs is 1. The molecule has 7 nitrogen and oxygen atoms in total. The zero-order valence-corrected chi connectivity index (χ0v) is 20.8. The molecule has 3 aromatic rings. The van der Waals surface area contributed by atoms with Crippen LogP contribution in [0.3, 0.4) is 0 Å². The zero-order valence-electron chi connectivity index (χ0n) is 19.2. The lowest BCUT2D eigenvalue weighted by atomic mass is 10.1. The van der Waals surface area contributed by atoms with E-state index in [4.69, 9.17) is 5.11 Å². The van der Waals surface area contributed by atoms with E-state index >= 15 is 0 Å². The van der Waals surface area contributed by atoms with Crippen LogP contribution in [-0.4, -0.2) is 31.9 Å². The fourth-order valence-corrected chi connectivity index (χ4v) is 6.34. The van der Waals surface area contributed by atoms with E-state index in [2.05, 4.69) is 10.6 Å². The first-order chi connectivity index (χ1) is 16.6. The number of sulfone groups is 1. The van der Waals surface area contributed by atoms with E-state index in [1.807, 2.05) is 32.0 Å². The Balaban J connectivity index is 1.57. The maximum absolute atomic E-state index is 13.2. The number of carboxylic acids is 1. The average Bonchev–Trinajstić information content (AvgIpc) is 2.81. The molecule has 0 unspecified atom stereocenters. The van der Waals surface area contributed by atoms with Crippen molar-refractivity contribution in [3.63, 3.8) is 0 Å². The predicted molar refractivity (Wildman–Crippen MR) is 138 cm³/mol. The molecule has 0 bridgehead atoms. The molecular weight excluding hydrogens is 484 g/mol. The Bertz CT molecular complexity index is 1420. The van der Waals surface area contributed by atoms with Crippen molar-refractivity contribution in [3.8, 4) is 0 Å². The van der Waals surface area contributed by atoms with E-state index in [1.165, 1.54) is 17.8 Å². The lowest BCUT2D eigenvalue weighted by Crippen LogP contribution is -2.18. The second-order valence-corrected chi connectivity index (χ2v) is 11.3. The third kappa shape index (κ3) is 5.75. The maximum atomic E-state index is 13.2. The molecule has 0 saturated heterocycles. The van der Waals surface area contributed by atoms with E-state index in [0.717, 1.165) is 22.3 Å². The minimum absolute atomic E-state index is 0.0910. The number of carboxylic acid groups (broad SMARTS) is 1. The van der Waals surface area contributed by atoms with Gasteiger partial charge in [0.1, 0.15) is 6.54 Å². The van der Waals surface area contributed by atoms with Gasteiger partial charge in [0.15, 0.2) is 9.84 Å². The monoisotopic (exact) mass is 508 g/mol. The largest absolute Gasteiger partial charge is 0.480 e. The number of rotatable bonds is 7. The van der Waals surface area contributed by atoms with Gasteiger partial charge in [-0.2, -0.15) is 0 Å². The Morgan fingerprint density at radius 2 is 1.74 bits per heavy atom. The van der Waals surface area contributed by atoms with Crippen molar-refractivity contribution in [1.29, 1.82) is 0 Å². The number of amides is 1. The van der Waals surface area contributed by atoms with Crippen LogP contribution in [0.15, 0.2) is 75.4 Å². The lowest BCUT2D eigenvalue weighted by Gasteiger charge is -2.20. The Kier molecular flexibility index (Phi) is 7.00. The molecule has 9 heteroatoms. The van der Waals surface area contributed by atoms with Crippen LogP contribution in [0.5, 0.6) is 0 Å². The topological polar surface area (TPSA) is 113 Å². The maximum Gasteiger partial charge on any atom is 0.322 e. The van der Waals surface area contributed by atoms with Crippen molar-refractivity contribution in [2.45, 2.75) is 29.4 Å². The highest BCUT2D eigenvalue weighted by molar-refractivity contribution is 8.04. The van der Waals surface area contributed by atoms with Crippen molar-refractivity contribution < 1.29 is 23.1 Å². The van der Waals surface area contributed by atoms with Crippen molar-refractivity contribution >= 4 is 50.9 Å². The Morgan fingerprint density at radius 1 is 1.06 bits per heavy atom. The number of benzene rings is 3. The van der Waals surface area contributed by atoms with Gasteiger partial charge < -0.3 is 15.7 Å². The molecule has 0 fully saturated rings. The Labute approximate surface area is 208 Å². The van der Waals surface area contributed by atoms with Crippen molar-refractivity contribution in [2.24, 2.45) is 0 Å². The second kappa shape index (κ2) is 9.97. The highest BCUT2D eigenvalue weighted by atomic mass is 32.2. The Hall–Kier alpha value is -3.56. The molecule has 0 spiro atoms. The third-order valence-corrected chi connectivity index (χ3v) is 8.36. The summed E-state index contributed by atoms with van der Waals surface area (Å²) in [5, 5.41) is 14.4. The molecule has 0 aliphatic carbocycles. The van der Waals surface area contributed by atoms with E-state index in [0.29, 0.717) is 21.2 Å². The van der Waals surface area contributed by atoms with Gasteiger partial charge in [0, 0.05) is 10.6 Å². The van der Waals surface area contributed by atoms with Gasteiger partial charge in [0.25, 0.3) is 5.91 Å². The first kappa shape index (κ1) is 24.6. The molecule has 1 aliphatic rings. The number of aryl methyl sites for hydroxylation is 2. The second-order valence-electron chi connectivity index (χ2n) is 8.22. The molecule has 180 valence electrons. The summed E-state index contributed by atoms with van der Waals surface area (Å²) in [4.78, 5) is 24.6. The van der Waals surface area contributed by atoms with Gasteiger partial charge in [0.2, 0.25) is 0 Å². The molecule has 0 saturated carbocycles. The number of carbonyl (C=O) groups excluding carboxylic acids is 1. The molecule has 0 atom stereocenters. The van der Waals surface area contributed by atoms with Crippen molar-refractivity contribution in [1.82, 2.24) is 0 Å². The molecule has 0 aromatic heterocycles. The van der Waals surface area contributed by atoms with Crippen molar-refractivity contribution in [3.05, 3.63) is 87.8 Å². The number of hydrogen-bond acceptors (Lipinski definition) is 6. The van der Waals surface area contributed by atoms with Crippen LogP contribution in [0.4, 0.5) is 11.4 Å². The van der Waals surface area contributed by atoms with Crippen LogP contribution < -0.4 is 10.6 Å². The van der Waals surface area contributed by atoms with Gasteiger partial charge >= 0.3 is 5.97 Å². The van der Waals surface area contributed by atoms with Gasteiger partial charge in [-0.15, -0.1) is 0 Å². The van der Waals surface area contributed by atoms with Crippen LogP contribution in [0.1, 0.15) is 22.3 Å². The fraction of sp³-hybridized carbons (Fsp3) is 0.154. The summed E-state index contributed by atoms with van der Waals surface area (Å²) >= 11 is 1.21. The smallest absolute Gasteiger partial charge is 0.322 e. The van der Waals surface area contributed by atoms with Gasteiger partial charge in [-0.05, 0) is 72.5 Å². The predicted octanol–water partition coefficient (Wildman–Crippen LogP) is 4.86. The van der Waals surface area contributed by atoms with E-state index in [1.54, 1.807) is 42.5 Å². The minimum Gasteiger partial charge on any atom is -0.480 e. The number of nitrogens with one attached hydrogen (secondary N) is 2. The molecule has 1 amide bonds. The molecular formula is C26H24N2O5S2. The summed E-state index contributed by atoms with van der Waals surface area (Å²) < 4.78 is 26.4. The highest BCUT2D eigenvalue weighted by Gasteiger charge is 2.25. The molecule has 4 rings (SSSR count). The zero-order chi connectivity index (χ0) is 25.2.